The Morgan fingerprint density at radius 3 is 2.68 bits per heavy atom. The minimum Gasteiger partial charge on any atom is -0.491 e. The van der Waals surface area contributed by atoms with Crippen LogP contribution in [0.3, 0.4) is 0 Å². The Hall–Kier alpha value is -2.52. The number of anilines is 1. The van der Waals surface area contributed by atoms with E-state index in [1.165, 1.54) is 16.6 Å². The van der Waals surface area contributed by atoms with Crippen molar-refractivity contribution in [3.05, 3.63) is 72.3 Å². The molecule has 4 rings (SSSR count). The molecule has 3 nitrogen and oxygen atoms in total. The Morgan fingerprint density at radius 2 is 1.76 bits per heavy atom. The fraction of sp³-hybridized carbons (Fsp3) is 0.273. The lowest BCUT2D eigenvalue weighted by atomic mass is 10.0. The molecule has 0 aliphatic carbocycles. The summed E-state index contributed by atoms with van der Waals surface area (Å²) in [4.78, 5) is 2.27. The van der Waals surface area contributed by atoms with Crippen molar-refractivity contribution in [2.24, 2.45) is 0 Å². The van der Waals surface area contributed by atoms with Crippen LogP contribution >= 0.6 is 0 Å². The van der Waals surface area contributed by atoms with E-state index in [4.69, 9.17) is 4.74 Å². The number of rotatable bonds is 5. The van der Waals surface area contributed by atoms with Crippen molar-refractivity contribution in [2.75, 3.05) is 24.6 Å². The Balaban J connectivity index is 1.38. The fourth-order valence-corrected chi connectivity index (χ4v) is 3.56. The highest BCUT2D eigenvalue weighted by atomic mass is 16.5. The first-order valence-electron chi connectivity index (χ1n) is 8.92. The number of aliphatic hydroxyl groups is 1. The van der Waals surface area contributed by atoms with Crippen LogP contribution in [0.4, 0.5) is 5.69 Å². The average molecular weight is 333 g/mol. The number of aliphatic hydroxyl groups excluding tert-OH is 1. The molecular weight excluding hydrogens is 310 g/mol. The van der Waals surface area contributed by atoms with E-state index in [9.17, 15) is 5.11 Å². The number of para-hydroxylation sites is 1. The highest BCUT2D eigenvalue weighted by Gasteiger charge is 2.19. The van der Waals surface area contributed by atoms with Crippen LogP contribution in [0.25, 0.3) is 10.8 Å². The van der Waals surface area contributed by atoms with Gasteiger partial charge in [-0.15, -0.1) is 0 Å². The maximum atomic E-state index is 10.4. The smallest absolute Gasteiger partial charge is 0.120 e. The molecule has 0 bridgehead atoms. The second kappa shape index (κ2) is 7.16. The predicted octanol–water partition coefficient (Wildman–Crippen LogP) is 4.03. The van der Waals surface area contributed by atoms with Gasteiger partial charge in [-0.3, -0.25) is 0 Å². The van der Waals surface area contributed by atoms with Gasteiger partial charge in [0.05, 0.1) is 0 Å². The lowest BCUT2D eigenvalue weighted by Crippen LogP contribution is -2.38. The first-order chi connectivity index (χ1) is 12.3. The Labute approximate surface area is 148 Å². The lowest BCUT2D eigenvalue weighted by molar-refractivity contribution is 0.112. The van der Waals surface area contributed by atoms with Crippen LogP contribution < -0.4 is 9.64 Å². The van der Waals surface area contributed by atoms with Gasteiger partial charge in [-0.1, -0.05) is 48.5 Å². The maximum Gasteiger partial charge on any atom is 0.120 e. The molecule has 25 heavy (non-hydrogen) atoms. The van der Waals surface area contributed by atoms with Crippen molar-refractivity contribution >= 4 is 16.5 Å². The van der Waals surface area contributed by atoms with Crippen molar-refractivity contribution in [3.63, 3.8) is 0 Å². The van der Waals surface area contributed by atoms with Crippen LogP contribution in [-0.4, -0.2) is 30.9 Å². The van der Waals surface area contributed by atoms with Crippen molar-refractivity contribution < 1.29 is 9.84 Å². The van der Waals surface area contributed by atoms with Gasteiger partial charge in [0.15, 0.2) is 0 Å². The zero-order valence-electron chi connectivity index (χ0n) is 14.3. The van der Waals surface area contributed by atoms with Crippen molar-refractivity contribution in [1.82, 2.24) is 0 Å². The minimum atomic E-state index is -0.516. The van der Waals surface area contributed by atoms with Crippen molar-refractivity contribution in [3.8, 4) is 5.75 Å². The molecule has 0 amide bonds. The monoisotopic (exact) mass is 333 g/mol. The zero-order chi connectivity index (χ0) is 17.1. The summed E-state index contributed by atoms with van der Waals surface area (Å²) in [5.74, 6) is 0.803. The minimum absolute atomic E-state index is 0.303. The fourth-order valence-electron chi connectivity index (χ4n) is 3.56. The maximum absolute atomic E-state index is 10.4. The van der Waals surface area contributed by atoms with Gasteiger partial charge in [0.25, 0.3) is 0 Å². The van der Waals surface area contributed by atoms with Gasteiger partial charge in [-0.25, -0.2) is 0 Å². The molecule has 3 aromatic rings. The van der Waals surface area contributed by atoms with Crippen LogP contribution in [0.5, 0.6) is 5.75 Å². The van der Waals surface area contributed by atoms with Crippen molar-refractivity contribution in [2.45, 2.75) is 18.9 Å². The molecule has 0 aromatic heterocycles. The standard InChI is InChI=1S/C22H23NO2/c24-20(15-23-13-5-9-18-7-3-4-10-22(18)23)16-25-21-12-11-17-6-1-2-8-19(17)14-21/h1-4,6-8,10-12,14,20,24H,5,9,13,15-16H2. The molecule has 0 fully saturated rings. The summed E-state index contributed by atoms with van der Waals surface area (Å²) in [6.07, 6.45) is 1.74. The number of ether oxygens (including phenoxy) is 1. The van der Waals surface area contributed by atoms with Crippen LogP contribution in [0.2, 0.25) is 0 Å². The molecule has 1 unspecified atom stereocenters. The number of aryl methyl sites for hydroxylation is 1. The summed E-state index contributed by atoms with van der Waals surface area (Å²) < 4.78 is 5.83. The van der Waals surface area contributed by atoms with Crippen LogP contribution in [-0.2, 0) is 6.42 Å². The number of fused-ring (bicyclic) bond motifs is 2. The Bertz CT molecular complexity index is 861. The van der Waals surface area contributed by atoms with Gasteiger partial charge >= 0.3 is 0 Å². The number of benzene rings is 3. The quantitative estimate of drug-likeness (QED) is 0.765. The molecule has 0 spiro atoms. The van der Waals surface area contributed by atoms with Gasteiger partial charge in [-0.05, 0) is 47.4 Å². The molecule has 1 N–H and O–H groups in total. The van der Waals surface area contributed by atoms with E-state index in [0.717, 1.165) is 30.5 Å². The van der Waals surface area contributed by atoms with Crippen LogP contribution in [0.1, 0.15) is 12.0 Å². The zero-order valence-corrected chi connectivity index (χ0v) is 14.3. The average Bonchev–Trinajstić information content (AvgIpc) is 2.66. The largest absolute Gasteiger partial charge is 0.491 e. The van der Waals surface area contributed by atoms with E-state index >= 15 is 0 Å². The van der Waals surface area contributed by atoms with E-state index in [1.54, 1.807) is 0 Å². The second-order valence-corrected chi connectivity index (χ2v) is 6.65. The molecular formula is C22H23NO2. The SMILES string of the molecule is OC(COc1ccc2ccccc2c1)CN1CCCc2ccccc21. The van der Waals surface area contributed by atoms with Gasteiger partial charge in [0.2, 0.25) is 0 Å². The number of nitrogens with zero attached hydrogens (tertiary/aromatic N) is 1. The molecule has 1 aliphatic rings. The van der Waals surface area contributed by atoms with E-state index in [-0.39, 0.29) is 0 Å². The van der Waals surface area contributed by atoms with Crippen LogP contribution in [0, 0.1) is 0 Å². The Morgan fingerprint density at radius 1 is 0.960 bits per heavy atom. The molecule has 1 heterocycles. The number of hydrogen-bond donors (Lipinski definition) is 1. The third-order valence-corrected chi connectivity index (χ3v) is 4.80. The van der Waals surface area contributed by atoms with Gasteiger partial charge in [0, 0.05) is 18.8 Å². The van der Waals surface area contributed by atoms with E-state index in [2.05, 4.69) is 47.4 Å². The highest BCUT2D eigenvalue weighted by molar-refractivity contribution is 5.83. The second-order valence-electron chi connectivity index (χ2n) is 6.65. The van der Waals surface area contributed by atoms with Crippen LogP contribution in [0.15, 0.2) is 66.7 Å². The lowest BCUT2D eigenvalue weighted by Gasteiger charge is -2.32. The third kappa shape index (κ3) is 3.62. The molecule has 3 aromatic carbocycles. The molecule has 128 valence electrons. The summed E-state index contributed by atoms with van der Waals surface area (Å²) in [7, 11) is 0. The highest BCUT2D eigenvalue weighted by Crippen LogP contribution is 2.27. The summed E-state index contributed by atoms with van der Waals surface area (Å²) in [6.45, 7) is 1.89. The van der Waals surface area contributed by atoms with Gasteiger partial charge < -0.3 is 14.7 Å². The Kier molecular flexibility index (Phi) is 4.57. The summed E-state index contributed by atoms with van der Waals surface area (Å²) in [6, 6.07) is 22.7. The normalized spacial score (nSPS) is 15.0. The predicted molar refractivity (Wildman–Crippen MR) is 102 cm³/mol. The van der Waals surface area contributed by atoms with E-state index < -0.39 is 6.10 Å². The molecule has 1 aliphatic heterocycles. The summed E-state index contributed by atoms with van der Waals surface area (Å²) >= 11 is 0. The molecule has 1 atom stereocenters. The first kappa shape index (κ1) is 16.0. The van der Waals surface area contributed by atoms with Gasteiger partial charge in [-0.2, -0.15) is 0 Å². The number of hydrogen-bond acceptors (Lipinski definition) is 3. The molecule has 0 saturated heterocycles. The molecule has 3 heteroatoms. The summed E-state index contributed by atoms with van der Waals surface area (Å²) in [5.41, 5.74) is 2.62. The first-order valence-corrected chi connectivity index (χ1v) is 8.92. The molecule has 0 radical (unpaired) electrons. The topological polar surface area (TPSA) is 32.7 Å². The van der Waals surface area contributed by atoms with Crippen molar-refractivity contribution in [1.29, 1.82) is 0 Å². The summed E-state index contributed by atoms with van der Waals surface area (Å²) in [5, 5.41) is 12.8. The van der Waals surface area contributed by atoms with E-state index in [1.807, 2.05) is 24.3 Å². The van der Waals surface area contributed by atoms with Gasteiger partial charge in [0.1, 0.15) is 18.5 Å². The van der Waals surface area contributed by atoms with E-state index in [0.29, 0.717) is 13.2 Å². The number of β-amino-alcohol motifs (C(OH)–C–C–N with tert-alkyl or cyclic N) is 1. The third-order valence-electron chi connectivity index (χ3n) is 4.80. The molecule has 0 saturated carbocycles.